The number of fused-ring (bicyclic) bond motifs is 2. The number of aliphatic hydroxyl groups excluding tert-OH is 2. The van der Waals surface area contributed by atoms with Gasteiger partial charge in [0.1, 0.15) is 23.8 Å². The molecule has 4 saturated heterocycles. The lowest BCUT2D eigenvalue weighted by molar-refractivity contribution is -0.156. The number of aryl methyl sites for hydroxylation is 2. The van der Waals surface area contributed by atoms with Gasteiger partial charge in [0.05, 0.1) is 88.5 Å². The predicted octanol–water partition coefficient (Wildman–Crippen LogP) is 14.2. The third-order valence-corrected chi connectivity index (χ3v) is 30.3. The topological polar surface area (TPSA) is 196 Å². The van der Waals surface area contributed by atoms with Crippen LogP contribution >= 0.6 is 22.7 Å². The molecule has 18 heteroatoms. The number of aliphatic hydroxyl groups is 2. The number of cyclic esters (lactones) is 2. The molecule has 0 bridgehead atoms. The Labute approximate surface area is 503 Å². The standard InChI is InChI=1S/C38H67NO6SSi2.C26H39NO6S/c1-13-47(14-2,15-3)44-34-24-35(40)43-32(27(8)22-30-25-46-29(10)39-30)23-33-31(42-33)21-19-20-26(7)36(28(9)37(41)38(34,11)12)45-48(16-4,17-5)18-6;1-14-8-7-9-19-21(32-19)11-20(15(2)10-18-13-34-17(4)27-18)33-23(29)12-22(28)26(5,6)25(31)16(3)24(14)30/h22,25-26,28,31-34,36H,13-21,23-24H2,1-12H3;10,13-14,16,19-22,24,28,30H,7-9,11-12H2,1-6H3/b27-22+;15-10+/t26-,28+,31+,32?,33?,34+,36+;14-,16+,19+,20?,21?,22-,24-/m00/s1. The van der Waals surface area contributed by atoms with Gasteiger partial charge in [-0.3, -0.25) is 19.2 Å². The molecule has 0 aromatic carbocycles. The number of hydrogen-bond acceptors (Lipinski definition) is 16. The summed E-state index contributed by atoms with van der Waals surface area (Å²) in [5.74, 6) is -1.82. The number of ketones is 2. The highest BCUT2D eigenvalue weighted by molar-refractivity contribution is 7.09. The Balaban J connectivity index is 0.000000318. The second-order valence-electron chi connectivity index (χ2n) is 25.9. The summed E-state index contributed by atoms with van der Waals surface area (Å²) in [6.45, 7) is 36.4. The van der Waals surface area contributed by atoms with Gasteiger partial charge < -0.3 is 38.0 Å². The van der Waals surface area contributed by atoms with Crippen molar-refractivity contribution in [2.75, 3.05) is 0 Å². The first kappa shape index (κ1) is 70.0. The number of nitrogens with zero attached hydrogens (tertiary/aromatic N) is 2. The van der Waals surface area contributed by atoms with E-state index in [1.165, 1.54) is 0 Å². The molecule has 0 radical (unpaired) electrons. The number of ether oxygens (including phenoxy) is 4. The summed E-state index contributed by atoms with van der Waals surface area (Å²) in [6, 6.07) is 5.92. The molecule has 0 amide bonds. The van der Waals surface area contributed by atoms with Gasteiger partial charge in [-0.15, -0.1) is 22.7 Å². The molecule has 2 aromatic rings. The summed E-state index contributed by atoms with van der Waals surface area (Å²) in [5.41, 5.74) is 1.42. The number of thiazole rings is 2. The van der Waals surface area contributed by atoms with Crippen LogP contribution in [0.15, 0.2) is 21.9 Å². The van der Waals surface area contributed by atoms with Crippen LogP contribution in [0, 0.1) is 48.3 Å². The van der Waals surface area contributed by atoms with Crippen molar-refractivity contribution in [2.24, 2.45) is 34.5 Å². The molecule has 4 aliphatic rings. The number of esters is 2. The summed E-state index contributed by atoms with van der Waals surface area (Å²) in [7, 11) is -4.21. The first-order valence-electron chi connectivity index (χ1n) is 31.2. The zero-order chi connectivity index (χ0) is 61.1. The predicted molar refractivity (Wildman–Crippen MR) is 335 cm³/mol. The number of aromatic nitrogens is 2. The van der Waals surface area contributed by atoms with E-state index in [0.29, 0.717) is 12.8 Å². The van der Waals surface area contributed by atoms with E-state index in [0.717, 1.165) is 107 Å². The summed E-state index contributed by atoms with van der Waals surface area (Å²) < 4.78 is 38.5. The maximum atomic E-state index is 14.9. The van der Waals surface area contributed by atoms with Crippen LogP contribution in [0.3, 0.4) is 0 Å². The van der Waals surface area contributed by atoms with Gasteiger partial charge in [-0.25, -0.2) is 9.97 Å². The van der Waals surface area contributed by atoms with Gasteiger partial charge in [-0.2, -0.15) is 0 Å². The highest BCUT2D eigenvalue weighted by Gasteiger charge is 2.50. The lowest BCUT2D eigenvalue weighted by atomic mass is 9.73. The van der Waals surface area contributed by atoms with Gasteiger partial charge in [0.15, 0.2) is 16.6 Å². The number of carbonyl (C=O) groups is 4. The molecular weight excluding hydrogens is 1110 g/mol. The SMILES string of the molecule is C/C(=C\c1csc(C)n1)C1CC2O[C@@H]2CCC[C@H](C)[C@H](O)[C@@H](C)C(=O)C(C)(C)[C@@H](O)CC(=O)O1.CC[Si](CC)(CC)O[C@@H]1[C@@H](C)CCC[C@H]2OC2CC(/C(C)=C/c2csc(C)n2)OC(=O)C[C@@H](O[Si](CC)(CC)CC)C(C)(C)C(=O)[C@@H]1C. The third-order valence-electron chi connectivity index (χ3n) is 19.4. The monoisotopic (exact) mass is 1210 g/mol. The third kappa shape index (κ3) is 18.6. The van der Waals surface area contributed by atoms with Gasteiger partial charge in [0, 0.05) is 40.9 Å². The Morgan fingerprint density at radius 1 is 0.610 bits per heavy atom. The van der Waals surface area contributed by atoms with Crippen LogP contribution in [-0.2, 0) is 47.0 Å². The molecule has 2 aromatic heterocycles. The van der Waals surface area contributed by atoms with Crippen molar-refractivity contribution in [3.63, 3.8) is 0 Å². The molecule has 0 spiro atoms. The zero-order valence-corrected chi connectivity index (χ0v) is 57.0. The summed E-state index contributed by atoms with van der Waals surface area (Å²) in [4.78, 5) is 64.0. The fourth-order valence-electron chi connectivity index (χ4n) is 12.5. The van der Waals surface area contributed by atoms with Gasteiger partial charge in [0.2, 0.25) is 0 Å². The minimum atomic E-state index is -2.20. The van der Waals surface area contributed by atoms with Crippen molar-refractivity contribution in [3.8, 4) is 0 Å². The van der Waals surface area contributed by atoms with Crippen molar-refractivity contribution in [2.45, 2.75) is 286 Å². The van der Waals surface area contributed by atoms with Crippen molar-refractivity contribution >= 4 is 75.0 Å². The molecule has 82 heavy (non-hydrogen) atoms. The Morgan fingerprint density at radius 3 is 1.45 bits per heavy atom. The lowest BCUT2D eigenvalue weighted by Crippen LogP contribution is -2.53. The molecule has 4 unspecified atom stereocenters. The van der Waals surface area contributed by atoms with E-state index in [9.17, 15) is 29.4 Å². The van der Waals surface area contributed by atoms with Gasteiger partial charge in [-0.05, 0) is 125 Å². The molecule has 464 valence electrons. The second-order valence-corrected chi connectivity index (χ2v) is 37.4. The molecule has 14 nitrogen and oxygen atoms in total. The zero-order valence-electron chi connectivity index (χ0n) is 53.4. The van der Waals surface area contributed by atoms with Crippen LogP contribution in [0.1, 0.15) is 196 Å². The number of Topliss-reactive ketones (excluding diaryl/α,β-unsaturated/α-hetero) is 2. The van der Waals surface area contributed by atoms with Crippen LogP contribution in [0.5, 0.6) is 0 Å². The smallest absolute Gasteiger partial charge is 0.309 e. The van der Waals surface area contributed by atoms with Crippen LogP contribution < -0.4 is 0 Å². The maximum Gasteiger partial charge on any atom is 0.309 e. The minimum Gasteiger partial charge on any atom is -0.458 e. The summed E-state index contributed by atoms with van der Waals surface area (Å²) >= 11 is 3.17. The van der Waals surface area contributed by atoms with E-state index < -0.39 is 69.9 Å². The van der Waals surface area contributed by atoms with E-state index in [4.69, 9.17) is 27.8 Å². The normalized spacial score (nSPS) is 32.3. The minimum absolute atomic E-state index is 0.00770. The number of carbonyl (C=O) groups excluding carboxylic acids is 4. The first-order valence-corrected chi connectivity index (χ1v) is 38.1. The Hall–Kier alpha value is -2.79. The number of rotatable bonds is 14. The summed E-state index contributed by atoms with van der Waals surface area (Å²) in [6.07, 6.45) is 6.93. The largest absolute Gasteiger partial charge is 0.458 e. The van der Waals surface area contributed by atoms with Crippen LogP contribution in [-0.4, -0.2) is 121 Å². The van der Waals surface area contributed by atoms with E-state index in [1.807, 2.05) is 71.4 Å². The molecule has 4 fully saturated rings. The van der Waals surface area contributed by atoms with E-state index in [1.54, 1.807) is 43.4 Å². The van der Waals surface area contributed by atoms with E-state index in [-0.39, 0.29) is 78.7 Å². The second kappa shape index (κ2) is 30.7. The fourth-order valence-corrected chi connectivity index (χ4v) is 19.7. The quantitative estimate of drug-likeness (QED) is 0.103. The van der Waals surface area contributed by atoms with Crippen LogP contribution in [0.25, 0.3) is 12.2 Å². The molecular formula is C64H106N2O12S2Si2. The summed E-state index contributed by atoms with van der Waals surface area (Å²) in [5, 5.41) is 27.5. The van der Waals surface area contributed by atoms with Crippen LogP contribution in [0.4, 0.5) is 0 Å². The molecule has 6 rings (SSSR count). The molecule has 6 heterocycles. The average Bonchev–Trinajstić information content (AvgIpc) is 4.24. The van der Waals surface area contributed by atoms with Crippen molar-refractivity contribution < 1.29 is 57.2 Å². The Bertz CT molecular complexity index is 2450. The molecule has 4 aliphatic heterocycles. The average molecular weight is 1220 g/mol. The number of hydrogen-bond donors (Lipinski definition) is 2. The molecule has 14 atom stereocenters. The lowest BCUT2D eigenvalue weighted by Gasteiger charge is -2.44. The van der Waals surface area contributed by atoms with Crippen LogP contribution in [0.2, 0.25) is 36.3 Å². The van der Waals surface area contributed by atoms with Gasteiger partial charge in [0.25, 0.3) is 0 Å². The highest BCUT2D eigenvalue weighted by atomic mass is 32.1. The van der Waals surface area contributed by atoms with Gasteiger partial charge in [-0.1, -0.05) is 110 Å². The van der Waals surface area contributed by atoms with E-state index in [2.05, 4.69) is 65.4 Å². The Kier molecular flexibility index (Phi) is 26.2. The van der Waals surface area contributed by atoms with Crippen molar-refractivity contribution in [1.82, 2.24) is 9.97 Å². The maximum absolute atomic E-state index is 14.9. The number of epoxide rings is 2. The highest BCUT2D eigenvalue weighted by Crippen LogP contribution is 2.42. The van der Waals surface area contributed by atoms with Gasteiger partial charge >= 0.3 is 11.9 Å². The Morgan fingerprint density at radius 2 is 1.02 bits per heavy atom. The van der Waals surface area contributed by atoms with Crippen molar-refractivity contribution in [3.05, 3.63) is 43.3 Å². The first-order chi connectivity index (χ1) is 38.5. The fraction of sp³-hybridized carbons (Fsp3) is 0.781. The molecule has 2 N–H and O–H groups in total. The van der Waals surface area contributed by atoms with Crippen molar-refractivity contribution in [1.29, 1.82) is 0 Å². The molecule has 0 aliphatic carbocycles. The molecule has 0 saturated carbocycles. The van der Waals surface area contributed by atoms with E-state index >= 15 is 0 Å².